The van der Waals surface area contributed by atoms with E-state index in [1.54, 1.807) is 0 Å². The summed E-state index contributed by atoms with van der Waals surface area (Å²) in [5.41, 5.74) is 2.17. The number of fused-ring (bicyclic) bond motifs is 1. The Balaban J connectivity index is 1.33. The minimum atomic E-state index is -1.52. The van der Waals surface area contributed by atoms with E-state index >= 15 is 0 Å². The zero-order valence-corrected chi connectivity index (χ0v) is 22.8. The van der Waals surface area contributed by atoms with Gasteiger partial charge in [0.1, 0.15) is 24.4 Å². The van der Waals surface area contributed by atoms with Crippen molar-refractivity contribution in [3.8, 4) is 0 Å². The molecule has 0 spiro atoms. The van der Waals surface area contributed by atoms with Crippen molar-refractivity contribution in [3.63, 3.8) is 0 Å². The van der Waals surface area contributed by atoms with E-state index in [2.05, 4.69) is 0 Å². The van der Waals surface area contributed by atoms with Crippen molar-refractivity contribution < 1.29 is 27.9 Å². The van der Waals surface area contributed by atoms with Crippen LogP contribution in [0, 0.1) is 0 Å². The minimum Gasteiger partial charge on any atom is -0.368 e. The van der Waals surface area contributed by atoms with Crippen molar-refractivity contribution in [3.05, 3.63) is 138 Å². The number of hydrogen-bond donors (Lipinski definition) is 0. The first-order valence-electron chi connectivity index (χ1n) is 13.5. The largest absolute Gasteiger partial charge is 0.368 e. The Morgan fingerprint density at radius 2 is 1.18 bits per heavy atom. The first-order valence-corrected chi connectivity index (χ1v) is 14.7. The molecule has 2 heterocycles. The van der Waals surface area contributed by atoms with Gasteiger partial charge in [-0.1, -0.05) is 109 Å². The molecule has 0 radical (unpaired) electrons. The average Bonchev–Trinajstić information content (AvgIpc) is 3.03. The Hall–Kier alpha value is -3.17. The van der Waals surface area contributed by atoms with Gasteiger partial charge in [-0.3, -0.25) is 4.21 Å². The second-order valence-electron chi connectivity index (χ2n) is 9.85. The van der Waals surface area contributed by atoms with E-state index < -0.39 is 46.9 Å². The highest BCUT2D eigenvalue weighted by Gasteiger charge is 2.53. The normalized spacial score (nSPS) is 27.0. The van der Waals surface area contributed by atoms with E-state index in [1.165, 1.54) is 0 Å². The fourth-order valence-corrected chi connectivity index (χ4v) is 6.50. The van der Waals surface area contributed by atoms with Gasteiger partial charge < -0.3 is 23.7 Å². The Bertz CT molecular complexity index is 1360. The van der Waals surface area contributed by atoms with Crippen molar-refractivity contribution in [1.82, 2.24) is 0 Å². The monoisotopic (exact) mass is 556 g/mol. The van der Waals surface area contributed by atoms with Crippen molar-refractivity contribution in [2.24, 2.45) is 0 Å². The Labute approximate surface area is 237 Å². The molecule has 1 unspecified atom stereocenters. The van der Waals surface area contributed by atoms with Gasteiger partial charge in [0.25, 0.3) is 0 Å². The Morgan fingerprint density at radius 1 is 0.650 bits per heavy atom. The van der Waals surface area contributed by atoms with Gasteiger partial charge in [-0.2, -0.15) is 0 Å². The predicted molar refractivity (Wildman–Crippen MR) is 152 cm³/mol. The highest BCUT2D eigenvalue weighted by molar-refractivity contribution is 7.85. The average molecular weight is 557 g/mol. The smallest absolute Gasteiger partial charge is 0.184 e. The van der Waals surface area contributed by atoms with Gasteiger partial charge in [0.15, 0.2) is 11.7 Å². The molecule has 0 aromatic heterocycles. The molecule has 0 bridgehead atoms. The van der Waals surface area contributed by atoms with Crippen molar-refractivity contribution >= 4 is 10.8 Å². The van der Waals surface area contributed by atoms with Crippen LogP contribution >= 0.6 is 0 Å². The Morgan fingerprint density at radius 3 is 1.77 bits per heavy atom. The number of benzene rings is 4. The molecule has 2 aliphatic rings. The molecule has 4 aromatic carbocycles. The standard InChI is InChI=1S/C33H32O6S/c34-40(27-19-11-4-12-20-27)33-31(36-22-25-15-7-2-8-16-25)30(35-21-24-13-5-1-6-14-24)29-28(38-33)23-37-32(39-29)26-17-9-3-10-18-26/h1-20,28-33H,21-23H2/t28-,29-,30+,31+,32-,33-,40?/m0/s1. The van der Waals surface area contributed by atoms with Crippen LogP contribution in [0.15, 0.2) is 126 Å². The topological polar surface area (TPSA) is 63.2 Å². The third-order valence-corrected chi connectivity index (χ3v) is 8.65. The molecule has 0 amide bonds. The van der Waals surface area contributed by atoms with Gasteiger partial charge in [0.05, 0.1) is 30.6 Å². The SMILES string of the molecule is O=S(c1ccccc1)[C@@H]1O[C@H]2CO[C@H](c3ccccc3)O[C@@H]2[C@@H](OCc2ccccc2)[C@H]1OCc1ccccc1. The minimum absolute atomic E-state index is 0.281. The van der Waals surface area contributed by atoms with Gasteiger partial charge in [0.2, 0.25) is 0 Å². The molecule has 2 aliphatic heterocycles. The van der Waals surface area contributed by atoms with Crippen LogP contribution < -0.4 is 0 Å². The number of hydrogen-bond acceptors (Lipinski definition) is 6. The van der Waals surface area contributed by atoms with Crippen LogP contribution in [0.5, 0.6) is 0 Å². The molecular formula is C33H32O6S. The summed E-state index contributed by atoms with van der Waals surface area (Å²) in [5, 5.41) is 0. The molecule has 7 heteroatoms. The highest BCUT2D eigenvalue weighted by Crippen LogP contribution is 2.38. The predicted octanol–water partition coefficient (Wildman–Crippen LogP) is 5.80. The van der Waals surface area contributed by atoms with E-state index in [0.717, 1.165) is 16.7 Å². The molecule has 0 saturated carbocycles. The summed E-state index contributed by atoms with van der Waals surface area (Å²) in [6, 6.07) is 39.1. The zero-order valence-electron chi connectivity index (χ0n) is 22.0. The Kier molecular flexibility index (Phi) is 8.78. The third-order valence-electron chi connectivity index (χ3n) is 7.11. The summed E-state index contributed by atoms with van der Waals surface area (Å²) >= 11 is 0. The molecule has 7 atom stereocenters. The summed E-state index contributed by atoms with van der Waals surface area (Å²) in [5.74, 6) is 0. The molecule has 0 aliphatic carbocycles. The van der Waals surface area contributed by atoms with E-state index in [-0.39, 0.29) is 6.61 Å². The van der Waals surface area contributed by atoms with Crippen LogP contribution in [-0.2, 0) is 47.7 Å². The van der Waals surface area contributed by atoms with Crippen LogP contribution in [0.3, 0.4) is 0 Å². The summed E-state index contributed by atoms with van der Waals surface area (Å²) < 4.78 is 46.3. The lowest BCUT2D eigenvalue weighted by Crippen LogP contribution is -2.63. The summed E-state index contributed by atoms with van der Waals surface area (Å²) in [7, 11) is -1.52. The van der Waals surface area contributed by atoms with Gasteiger partial charge in [0, 0.05) is 10.5 Å². The maximum Gasteiger partial charge on any atom is 0.184 e. The summed E-state index contributed by atoms with van der Waals surface area (Å²) in [6.07, 6.45) is -2.77. The second kappa shape index (κ2) is 13.0. The van der Waals surface area contributed by atoms with Crippen LogP contribution in [0.2, 0.25) is 0 Å². The zero-order chi connectivity index (χ0) is 27.1. The van der Waals surface area contributed by atoms with E-state index in [9.17, 15) is 4.21 Å². The quantitative estimate of drug-likeness (QED) is 0.260. The first-order chi connectivity index (χ1) is 19.8. The molecule has 40 heavy (non-hydrogen) atoms. The number of ether oxygens (including phenoxy) is 5. The number of rotatable bonds is 9. The summed E-state index contributed by atoms with van der Waals surface area (Å²) in [6.45, 7) is 0.951. The van der Waals surface area contributed by atoms with Crippen LogP contribution in [0.4, 0.5) is 0 Å². The van der Waals surface area contributed by atoms with Gasteiger partial charge in [-0.15, -0.1) is 0 Å². The van der Waals surface area contributed by atoms with Crippen LogP contribution in [-0.4, -0.2) is 40.7 Å². The lowest BCUT2D eigenvalue weighted by atomic mass is 9.98. The van der Waals surface area contributed by atoms with Crippen molar-refractivity contribution in [1.29, 1.82) is 0 Å². The molecule has 206 valence electrons. The molecule has 2 fully saturated rings. The van der Waals surface area contributed by atoms with E-state index in [1.807, 2.05) is 121 Å². The second-order valence-corrected chi connectivity index (χ2v) is 11.4. The molecule has 2 saturated heterocycles. The van der Waals surface area contributed by atoms with Crippen molar-refractivity contribution in [2.75, 3.05) is 6.61 Å². The van der Waals surface area contributed by atoms with Crippen molar-refractivity contribution in [2.45, 2.75) is 54.3 Å². The van der Waals surface area contributed by atoms with Gasteiger partial charge in [-0.05, 0) is 23.3 Å². The highest BCUT2D eigenvalue weighted by atomic mass is 32.2. The van der Waals surface area contributed by atoms with E-state index in [0.29, 0.717) is 18.1 Å². The van der Waals surface area contributed by atoms with Crippen LogP contribution in [0.25, 0.3) is 0 Å². The maximum absolute atomic E-state index is 14.0. The molecular weight excluding hydrogens is 524 g/mol. The van der Waals surface area contributed by atoms with E-state index in [4.69, 9.17) is 23.7 Å². The molecule has 0 N–H and O–H groups in total. The summed E-state index contributed by atoms with van der Waals surface area (Å²) in [4.78, 5) is 0.667. The third kappa shape index (κ3) is 6.25. The lowest BCUT2D eigenvalue weighted by molar-refractivity contribution is -0.330. The molecule has 6 nitrogen and oxygen atoms in total. The fraction of sp³-hybridized carbons (Fsp3) is 0.273. The fourth-order valence-electron chi connectivity index (χ4n) is 5.09. The maximum atomic E-state index is 14.0. The van der Waals surface area contributed by atoms with Gasteiger partial charge in [-0.25, -0.2) is 0 Å². The molecule has 6 rings (SSSR count). The van der Waals surface area contributed by atoms with Crippen LogP contribution in [0.1, 0.15) is 23.0 Å². The lowest BCUT2D eigenvalue weighted by Gasteiger charge is -2.49. The first kappa shape index (κ1) is 27.0. The molecule has 4 aromatic rings. The van der Waals surface area contributed by atoms with Gasteiger partial charge >= 0.3 is 0 Å².